The Morgan fingerprint density at radius 2 is 1.95 bits per heavy atom. The molecule has 1 aromatic carbocycles. The summed E-state index contributed by atoms with van der Waals surface area (Å²) in [5.41, 5.74) is 6.14. The maximum atomic E-state index is 11.9. The van der Waals surface area contributed by atoms with E-state index in [1.807, 2.05) is 0 Å². The maximum absolute atomic E-state index is 11.9. The normalized spacial score (nSPS) is 12.5. The van der Waals surface area contributed by atoms with E-state index in [1.54, 1.807) is 32.9 Å². The molecule has 0 saturated heterocycles. The lowest BCUT2D eigenvalue weighted by atomic mass is 10.3. The maximum Gasteiger partial charge on any atom is 0.158 e. The Bertz CT molecular complexity index is 544. The lowest BCUT2D eigenvalue weighted by molar-refractivity contribution is 0.339. The summed E-state index contributed by atoms with van der Waals surface area (Å²) in [7, 11) is -3.21. The topological polar surface area (TPSA) is 69.4 Å². The standard InChI is InChI=1S/C12H17BrClNO3S/c1-12(2,3)19(16,17)5-4-18-11-9(13)6-8(14)7-10(11)15/h6-7H,4-5,15H2,1-3H3. The molecule has 0 amide bonds. The van der Waals surface area contributed by atoms with Crippen molar-refractivity contribution >= 4 is 43.1 Å². The molecule has 0 fully saturated rings. The fraction of sp³-hybridized carbons (Fsp3) is 0.500. The number of benzene rings is 1. The molecule has 2 N–H and O–H groups in total. The summed E-state index contributed by atoms with van der Waals surface area (Å²) in [4.78, 5) is 0. The highest BCUT2D eigenvalue weighted by atomic mass is 79.9. The molecule has 0 spiro atoms. The SMILES string of the molecule is CC(C)(C)S(=O)(=O)CCOc1c(N)cc(Cl)cc1Br. The molecule has 1 rings (SSSR count). The van der Waals surface area contributed by atoms with E-state index in [1.165, 1.54) is 0 Å². The molecule has 0 bridgehead atoms. The second kappa shape index (κ2) is 5.89. The Kier molecular flexibility index (Phi) is 5.15. The van der Waals surface area contributed by atoms with Gasteiger partial charge in [-0.1, -0.05) is 11.6 Å². The van der Waals surface area contributed by atoms with Crippen LogP contribution < -0.4 is 10.5 Å². The Balaban J connectivity index is 2.75. The average molecular weight is 371 g/mol. The molecule has 108 valence electrons. The highest BCUT2D eigenvalue weighted by Gasteiger charge is 2.28. The van der Waals surface area contributed by atoms with Gasteiger partial charge in [-0.05, 0) is 48.8 Å². The van der Waals surface area contributed by atoms with Crippen LogP contribution in [0.1, 0.15) is 20.8 Å². The van der Waals surface area contributed by atoms with Crippen LogP contribution in [0, 0.1) is 0 Å². The van der Waals surface area contributed by atoms with Crippen molar-refractivity contribution in [3.05, 3.63) is 21.6 Å². The van der Waals surface area contributed by atoms with Crippen molar-refractivity contribution in [2.75, 3.05) is 18.1 Å². The molecule has 0 aliphatic carbocycles. The lowest BCUT2D eigenvalue weighted by Gasteiger charge is -2.19. The van der Waals surface area contributed by atoms with Crippen LogP contribution in [0.25, 0.3) is 0 Å². The number of halogens is 2. The van der Waals surface area contributed by atoms with E-state index < -0.39 is 14.6 Å². The quantitative estimate of drug-likeness (QED) is 0.826. The van der Waals surface area contributed by atoms with Crippen molar-refractivity contribution in [1.29, 1.82) is 0 Å². The number of hydrogen-bond acceptors (Lipinski definition) is 4. The van der Waals surface area contributed by atoms with Crippen molar-refractivity contribution in [2.45, 2.75) is 25.5 Å². The van der Waals surface area contributed by atoms with E-state index in [2.05, 4.69) is 15.9 Å². The molecule has 0 heterocycles. The summed E-state index contributed by atoms with van der Waals surface area (Å²) in [6.07, 6.45) is 0. The fourth-order valence-electron chi connectivity index (χ4n) is 1.29. The molecule has 0 aromatic heterocycles. The average Bonchev–Trinajstić information content (AvgIpc) is 2.20. The minimum atomic E-state index is -3.21. The first-order valence-corrected chi connectivity index (χ1v) is 8.46. The molecule has 0 saturated carbocycles. The predicted octanol–water partition coefficient (Wildman–Crippen LogP) is 3.28. The van der Waals surface area contributed by atoms with E-state index >= 15 is 0 Å². The summed E-state index contributed by atoms with van der Waals surface area (Å²) in [5, 5.41) is 0.485. The van der Waals surface area contributed by atoms with Gasteiger partial charge >= 0.3 is 0 Å². The second-order valence-corrected chi connectivity index (χ2v) is 9.24. The monoisotopic (exact) mass is 369 g/mol. The molecule has 0 aliphatic rings. The largest absolute Gasteiger partial charge is 0.489 e. The van der Waals surface area contributed by atoms with E-state index in [4.69, 9.17) is 22.1 Å². The van der Waals surface area contributed by atoms with Crippen LogP contribution in [0.3, 0.4) is 0 Å². The summed E-state index contributed by atoms with van der Waals surface area (Å²) in [6, 6.07) is 3.20. The molecule has 0 radical (unpaired) electrons. The van der Waals surface area contributed by atoms with Gasteiger partial charge < -0.3 is 10.5 Å². The third kappa shape index (κ3) is 4.26. The smallest absolute Gasteiger partial charge is 0.158 e. The van der Waals surface area contributed by atoms with Gasteiger partial charge in [-0.2, -0.15) is 0 Å². The zero-order chi connectivity index (χ0) is 14.8. The molecule has 4 nitrogen and oxygen atoms in total. The first-order valence-electron chi connectivity index (χ1n) is 5.64. The minimum absolute atomic E-state index is 0.0457. The van der Waals surface area contributed by atoms with Crippen LogP contribution in [0.15, 0.2) is 16.6 Å². The first-order chi connectivity index (χ1) is 8.54. The van der Waals surface area contributed by atoms with Gasteiger partial charge in [0.1, 0.15) is 6.61 Å². The summed E-state index contributed by atoms with van der Waals surface area (Å²) >= 11 is 9.11. The third-order valence-electron chi connectivity index (χ3n) is 2.57. The van der Waals surface area contributed by atoms with Gasteiger partial charge in [0.15, 0.2) is 15.6 Å². The minimum Gasteiger partial charge on any atom is -0.489 e. The van der Waals surface area contributed by atoms with Crippen molar-refractivity contribution in [3.8, 4) is 5.75 Å². The van der Waals surface area contributed by atoms with Crippen molar-refractivity contribution in [1.82, 2.24) is 0 Å². The first kappa shape index (κ1) is 16.6. The van der Waals surface area contributed by atoms with Crippen molar-refractivity contribution in [2.24, 2.45) is 0 Å². The van der Waals surface area contributed by atoms with E-state index in [0.717, 1.165) is 0 Å². The van der Waals surface area contributed by atoms with Crippen LogP contribution in [0.2, 0.25) is 5.02 Å². The molecule has 0 unspecified atom stereocenters. The number of ether oxygens (including phenoxy) is 1. The predicted molar refractivity (Wildman–Crippen MR) is 82.6 cm³/mol. The van der Waals surface area contributed by atoms with Gasteiger partial charge in [0.2, 0.25) is 0 Å². The number of rotatable bonds is 4. The molecule has 19 heavy (non-hydrogen) atoms. The van der Waals surface area contributed by atoms with Gasteiger partial charge in [0.05, 0.1) is 20.7 Å². The molecular weight excluding hydrogens is 354 g/mol. The zero-order valence-corrected chi connectivity index (χ0v) is 14.2. The number of anilines is 1. The van der Waals surface area contributed by atoms with Crippen LogP contribution in [0.4, 0.5) is 5.69 Å². The van der Waals surface area contributed by atoms with Gasteiger partial charge in [0.25, 0.3) is 0 Å². The van der Waals surface area contributed by atoms with Gasteiger partial charge in [-0.25, -0.2) is 8.42 Å². The highest BCUT2D eigenvalue weighted by Crippen LogP contribution is 2.34. The van der Waals surface area contributed by atoms with Gasteiger partial charge in [-0.15, -0.1) is 0 Å². The van der Waals surface area contributed by atoms with E-state index in [-0.39, 0.29) is 12.4 Å². The summed E-state index contributed by atoms with van der Waals surface area (Å²) in [6.45, 7) is 5.03. The van der Waals surface area contributed by atoms with E-state index in [9.17, 15) is 8.42 Å². The summed E-state index contributed by atoms with van der Waals surface area (Å²) in [5.74, 6) is 0.346. The molecule has 1 aromatic rings. The van der Waals surface area contributed by atoms with Crippen LogP contribution in [-0.2, 0) is 9.84 Å². The lowest BCUT2D eigenvalue weighted by Crippen LogP contribution is -2.32. The third-order valence-corrected chi connectivity index (χ3v) is 5.95. The van der Waals surface area contributed by atoms with Crippen LogP contribution >= 0.6 is 27.5 Å². The number of sulfone groups is 1. The van der Waals surface area contributed by atoms with Crippen molar-refractivity contribution < 1.29 is 13.2 Å². The molecular formula is C12H17BrClNO3S. The Morgan fingerprint density at radius 3 is 2.42 bits per heavy atom. The van der Waals surface area contributed by atoms with Crippen LogP contribution in [-0.4, -0.2) is 25.5 Å². The Labute approximate surface area is 127 Å². The van der Waals surface area contributed by atoms with Gasteiger partial charge in [-0.3, -0.25) is 0 Å². The Hall–Kier alpha value is -0.460. The van der Waals surface area contributed by atoms with Crippen molar-refractivity contribution in [3.63, 3.8) is 0 Å². The number of nitrogens with two attached hydrogens (primary N) is 1. The molecule has 7 heteroatoms. The Morgan fingerprint density at radius 1 is 1.37 bits per heavy atom. The molecule has 0 atom stereocenters. The second-order valence-electron chi connectivity index (χ2n) is 5.09. The van der Waals surface area contributed by atoms with Gasteiger partial charge in [0, 0.05) is 5.02 Å². The number of hydrogen-bond donors (Lipinski definition) is 1. The summed E-state index contributed by atoms with van der Waals surface area (Å²) < 4.78 is 29.1. The number of nitrogen functional groups attached to an aromatic ring is 1. The van der Waals surface area contributed by atoms with Crippen LogP contribution in [0.5, 0.6) is 5.75 Å². The fourth-order valence-corrected chi connectivity index (χ4v) is 3.16. The van der Waals surface area contributed by atoms with E-state index in [0.29, 0.717) is 20.9 Å². The molecule has 0 aliphatic heterocycles. The zero-order valence-electron chi connectivity index (χ0n) is 11.0. The highest BCUT2D eigenvalue weighted by molar-refractivity contribution is 9.10.